The van der Waals surface area contributed by atoms with Crippen LogP contribution < -0.4 is 5.32 Å². The Balaban J connectivity index is 2.74. The Bertz CT molecular complexity index is 555. The highest BCUT2D eigenvalue weighted by Crippen LogP contribution is 2.11. The molecule has 0 aliphatic rings. The molecule has 0 unspecified atom stereocenters. The average molecular weight is 325 g/mol. The van der Waals surface area contributed by atoms with Crippen molar-refractivity contribution >= 4 is 23.9 Å². The third-order valence-electron chi connectivity index (χ3n) is 2.77. The van der Waals surface area contributed by atoms with Gasteiger partial charge in [0, 0.05) is 6.42 Å². The van der Waals surface area contributed by atoms with E-state index in [0.717, 1.165) is 12.7 Å². The van der Waals surface area contributed by atoms with Gasteiger partial charge in [-0.3, -0.25) is 9.59 Å². The minimum atomic E-state index is -1.61. The van der Waals surface area contributed by atoms with Gasteiger partial charge in [-0.1, -0.05) is 0 Å². The summed E-state index contributed by atoms with van der Waals surface area (Å²) in [5.74, 6) is -2.08. The van der Waals surface area contributed by atoms with E-state index in [1.165, 1.54) is 0 Å². The van der Waals surface area contributed by atoms with E-state index in [2.05, 4.69) is 14.7 Å². The van der Waals surface area contributed by atoms with Gasteiger partial charge in [0.1, 0.15) is 18.0 Å². The second-order valence-corrected chi connectivity index (χ2v) is 5.01. The molecule has 0 bridgehead atoms. The number of oxazole rings is 1. The van der Waals surface area contributed by atoms with Crippen LogP contribution in [-0.2, 0) is 19.1 Å². The molecule has 0 spiro atoms. The zero-order valence-electron chi connectivity index (χ0n) is 12.8. The minimum absolute atomic E-state index is 0.00551. The summed E-state index contributed by atoms with van der Waals surface area (Å²) in [6.45, 7) is 3.29. The van der Waals surface area contributed by atoms with E-state index in [1.54, 1.807) is 13.8 Å². The van der Waals surface area contributed by atoms with Crippen molar-refractivity contribution in [2.45, 2.75) is 44.9 Å². The molecule has 126 valence electrons. The number of rotatable bonds is 9. The van der Waals surface area contributed by atoms with Gasteiger partial charge in [0.2, 0.25) is 0 Å². The second kappa shape index (κ2) is 8.79. The van der Waals surface area contributed by atoms with Gasteiger partial charge in [-0.05, 0) is 20.3 Å². The Morgan fingerprint density at radius 3 is 2.70 bits per heavy atom. The maximum Gasteiger partial charge on any atom is 0.328 e. The molecule has 23 heavy (non-hydrogen) atoms. The number of nitrogens with zero attached hydrogens (tertiary/aromatic N) is 1. The van der Waals surface area contributed by atoms with E-state index in [9.17, 15) is 19.5 Å². The molecule has 1 aromatic rings. The molecule has 1 rings (SSSR count). The lowest BCUT2D eigenvalue weighted by molar-refractivity contribution is -0.152. The number of Topliss-reactive ketones (excluding diaryl/α,β-unsaturated/α-hetero) is 1. The van der Waals surface area contributed by atoms with Gasteiger partial charge in [0.05, 0.1) is 12.3 Å². The van der Waals surface area contributed by atoms with Gasteiger partial charge in [-0.25, -0.2) is 9.78 Å². The van der Waals surface area contributed by atoms with Crippen LogP contribution in [0.2, 0.25) is 0 Å². The lowest BCUT2D eigenvalue weighted by atomic mass is 10.1. The minimum Gasteiger partial charge on any atom is -0.461 e. The molecule has 1 heterocycles. The third kappa shape index (κ3) is 5.99. The standard InChI is InChI=1S/C14H19N3O6/c1-8(2)23-14(21)10(4-3-9(18)5-15)17-13(20)12(19)11-6-22-7-16-11/h5-8,10,12,15,19H,3-4H2,1-2H3,(H,17,20)/t10-,12-/m0/s1. The molecule has 3 N–H and O–H groups in total. The number of nitrogens with one attached hydrogen (secondary N) is 2. The fraction of sp³-hybridized carbons (Fsp3) is 0.500. The second-order valence-electron chi connectivity index (χ2n) is 5.01. The zero-order valence-corrected chi connectivity index (χ0v) is 12.8. The normalized spacial score (nSPS) is 13.2. The Labute approximate surface area is 132 Å². The Hall–Kier alpha value is -2.55. The summed E-state index contributed by atoms with van der Waals surface area (Å²) in [6, 6.07) is -1.12. The maximum absolute atomic E-state index is 12.0. The molecule has 0 saturated heterocycles. The highest BCUT2D eigenvalue weighted by Gasteiger charge is 2.28. The topological polar surface area (TPSA) is 143 Å². The number of esters is 1. The number of ketones is 1. The van der Waals surface area contributed by atoms with E-state index < -0.39 is 35.9 Å². The number of carbonyl (C=O) groups excluding carboxylic acids is 3. The first kappa shape index (κ1) is 18.5. The molecule has 1 aromatic heterocycles. The fourth-order valence-corrected chi connectivity index (χ4v) is 1.66. The van der Waals surface area contributed by atoms with Crippen LogP contribution in [0.4, 0.5) is 0 Å². The van der Waals surface area contributed by atoms with Crippen molar-refractivity contribution in [3.63, 3.8) is 0 Å². The summed E-state index contributed by atoms with van der Waals surface area (Å²) in [4.78, 5) is 38.8. The Morgan fingerprint density at radius 2 is 2.17 bits per heavy atom. The molecule has 2 atom stereocenters. The first-order valence-corrected chi connectivity index (χ1v) is 6.95. The highest BCUT2D eigenvalue weighted by atomic mass is 16.5. The van der Waals surface area contributed by atoms with Crippen LogP contribution in [0, 0.1) is 5.41 Å². The van der Waals surface area contributed by atoms with E-state index in [0.29, 0.717) is 6.21 Å². The lowest BCUT2D eigenvalue weighted by Crippen LogP contribution is -2.44. The quantitative estimate of drug-likeness (QED) is 0.433. The van der Waals surface area contributed by atoms with Crippen LogP contribution in [0.15, 0.2) is 17.1 Å². The Kier molecular flexibility index (Phi) is 7.07. The summed E-state index contributed by atoms with van der Waals surface area (Å²) in [5.41, 5.74) is -0.00551. The van der Waals surface area contributed by atoms with Crippen molar-refractivity contribution in [1.82, 2.24) is 10.3 Å². The molecule has 0 radical (unpaired) electrons. The predicted molar refractivity (Wildman–Crippen MR) is 77.6 cm³/mol. The number of amides is 1. The SMILES string of the molecule is CC(C)OC(=O)[C@H](CCC(=O)C=N)NC(=O)[C@@H](O)c1cocn1. The summed E-state index contributed by atoms with van der Waals surface area (Å²) in [6.07, 6.45) is 0.626. The van der Waals surface area contributed by atoms with E-state index in [1.807, 2.05) is 0 Å². The molecule has 9 heteroatoms. The van der Waals surface area contributed by atoms with Crippen molar-refractivity contribution < 1.29 is 28.6 Å². The maximum atomic E-state index is 12.0. The first-order chi connectivity index (χ1) is 10.8. The predicted octanol–water partition coefficient (Wildman–Crippen LogP) is 0.143. The van der Waals surface area contributed by atoms with E-state index in [-0.39, 0.29) is 18.5 Å². The van der Waals surface area contributed by atoms with Crippen molar-refractivity contribution in [2.75, 3.05) is 0 Å². The van der Waals surface area contributed by atoms with Crippen molar-refractivity contribution in [1.29, 1.82) is 5.41 Å². The number of aliphatic hydroxyl groups is 1. The van der Waals surface area contributed by atoms with Crippen LogP contribution >= 0.6 is 0 Å². The highest BCUT2D eigenvalue weighted by molar-refractivity contribution is 6.26. The molecular weight excluding hydrogens is 306 g/mol. The van der Waals surface area contributed by atoms with E-state index in [4.69, 9.17) is 10.1 Å². The van der Waals surface area contributed by atoms with E-state index >= 15 is 0 Å². The fourth-order valence-electron chi connectivity index (χ4n) is 1.66. The lowest BCUT2D eigenvalue weighted by Gasteiger charge is -2.19. The first-order valence-electron chi connectivity index (χ1n) is 6.95. The molecule has 0 saturated carbocycles. The number of ether oxygens (including phenoxy) is 1. The number of hydrogen-bond donors (Lipinski definition) is 3. The summed E-state index contributed by atoms with van der Waals surface area (Å²) >= 11 is 0. The summed E-state index contributed by atoms with van der Waals surface area (Å²) in [7, 11) is 0. The van der Waals surface area contributed by atoms with Gasteiger partial charge in [-0.2, -0.15) is 0 Å². The van der Waals surface area contributed by atoms with Crippen LogP contribution in [0.25, 0.3) is 0 Å². The molecule has 0 fully saturated rings. The molecule has 0 aliphatic heterocycles. The van der Waals surface area contributed by atoms with Crippen LogP contribution in [0.1, 0.15) is 38.5 Å². The van der Waals surface area contributed by atoms with Crippen molar-refractivity contribution in [3.05, 3.63) is 18.4 Å². The monoisotopic (exact) mass is 325 g/mol. The molecule has 1 amide bonds. The van der Waals surface area contributed by atoms with Crippen LogP contribution in [0.3, 0.4) is 0 Å². The van der Waals surface area contributed by atoms with Crippen molar-refractivity contribution in [3.8, 4) is 0 Å². The molecule has 0 aromatic carbocycles. The molecular formula is C14H19N3O6. The number of aromatic nitrogens is 1. The van der Waals surface area contributed by atoms with Crippen molar-refractivity contribution in [2.24, 2.45) is 0 Å². The number of hydrogen-bond acceptors (Lipinski definition) is 8. The molecule has 0 aliphatic carbocycles. The Morgan fingerprint density at radius 1 is 1.48 bits per heavy atom. The van der Waals surface area contributed by atoms with Gasteiger partial charge in [-0.15, -0.1) is 0 Å². The third-order valence-corrected chi connectivity index (χ3v) is 2.77. The molecule has 9 nitrogen and oxygen atoms in total. The van der Waals surface area contributed by atoms with Gasteiger partial charge in [0.25, 0.3) is 5.91 Å². The smallest absolute Gasteiger partial charge is 0.328 e. The summed E-state index contributed by atoms with van der Waals surface area (Å²) < 4.78 is 9.68. The average Bonchev–Trinajstić information content (AvgIpc) is 3.03. The van der Waals surface area contributed by atoms with Crippen LogP contribution in [0.5, 0.6) is 0 Å². The largest absolute Gasteiger partial charge is 0.461 e. The van der Waals surface area contributed by atoms with Gasteiger partial charge >= 0.3 is 5.97 Å². The number of carbonyl (C=O) groups is 3. The zero-order chi connectivity index (χ0) is 17.4. The number of aliphatic hydroxyl groups excluding tert-OH is 1. The van der Waals surface area contributed by atoms with Crippen LogP contribution in [-0.4, -0.2) is 46.1 Å². The summed E-state index contributed by atoms with van der Waals surface area (Å²) in [5, 5.41) is 19.0. The van der Waals surface area contributed by atoms with Gasteiger partial charge in [0.15, 0.2) is 18.3 Å². The van der Waals surface area contributed by atoms with Gasteiger partial charge < -0.3 is 25.0 Å².